The molecule has 0 aromatic heterocycles. The Bertz CT molecular complexity index is 492. The SMILES string of the molecule is CCCCCCCCCCCCCCCCC(CCCCCCCCCCCCCCCC(C)(C)C)C(=O)O. The van der Waals surface area contributed by atoms with Crippen LogP contribution in [0, 0.1) is 11.3 Å². The largest absolute Gasteiger partial charge is 0.481 e. The lowest BCUT2D eigenvalue weighted by Crippen LogP contribution is -2.13. The van der Waals surface area contributed by atoms with Crippen molar-refractivity contribution in [1.29, 1.82) is 0 Å². The molecule has 1 atom stereocenters. The molecule has 0 rings (SSSR count). The number of carbonyl (C=O) groups is 1. The number of hydrogen-bond acceptors (Lipinski definition) is 1. The Morgan fingerprint density at radius 1 is 0.462 bits per heavy atom. The van der Waals surface area contributed by atoms with E-state index in [-0.39, 0.29) is 5.92 Å². The van der Waals surface area contributed by atoms with Crippen molar-refractivity contribution in [1.82, 2.24) is 0 Å². The van der Waals surface area contributed by atoms with Crippen molar-refractivity contribution in [2.45, 2.75) is 220 Å². The van der Waals surface area contributed by atoms with Crippen molar-refractivity contribution in [3.63, 3.8) is 0 Å². The first-order valence-electron chi connectivity index (χ1n) is 18.1. The van der Waals surface area contributed by atoms with E-state index >= 15 is 0 Å². The molecule has 2 heteroatoms. The molecule has 1 N–H and O–H groups in total. The molecule has 0 radical (unpaired) electrons. The summed E-state index contributed by atoms with van der Waals surface area (Å²) in [5.74, 6) is -0.658. The van der Waals surface area contributed by atoms with Crippen molar-refractivity contribution in [3.05, 3.63) is 0 Å². The summed E-state index contributed by atoms with van der Waals surface area (Å²) < 4.78 is 0. The molecule has 0 spiro atoms. The van der Waals surface area contributed by atoms with Crippen LogP contribution in [0.25, 0.3) is 0 Å². The molecule has 0 bridgehead atoms. The molecular weight excluding hydrogens is 476 g/mol. The fourth-order valence-electron chi connectivity index (χ4n) is 5.97. The summed E-state index contributed by atoms with van der Waals surface area (Å²) >= 11 is 0. The maximum atomic E-state index is 11.7. The second kappa shape index (κ2) is 29.0. The molecular formula is C37H74O2. The van der Waals surface area contributed by atoms with Gasteiger partial charge in [-0.1, -0.05) is 201 Å². The monoisotopic (exact) mass is 551 g/mol. The lowest BCUT2D eigenvalue weighted by molar-refractivity contribution is -0.142. The highest BCUT2D eigenvalue weighted by molar-refractivity contribution is 5.69. The molecule has 0 aromatic rings. The van der Waals surface area contributed by atoms with Crippen LogP contribution in [-0.4, -0.2) is 11.1 Å². The molecule has 0 aliphatic carbocycles. The average Bonchev–Trinajstić information content (AvgIpc) is 2.89. The minimum absolute atomic E-state index is 0.101. The Balaban J connectivity index is 3.41. The smallest absolute Gasteiger partial charge is 0.306 e. The molecule has 0 amide bonds. The zero-order valence-electron chi connectivity index (χ0n) is 27.6. The first kappa shape index (κ1) is 38.5. The van der Waals surface area contributed by atoms with Crippen molar-refractivity contribution < 1.29 is 9.90 Å². The number of aliphatic carboxylic acids is 1. The zero-order chi connectivity index (χ0) is 28.9. The predicted octanol–water partition coefficient (Wildman–Crippen LogP) is 13.5. The van der Waals surface area contributed by atoms with E-state index in [0.29, 0.717) is 5.41 Å². The molecule has 0 saturated heterocycles. The Morgan fingerprint density at radius 2 is 0.718 bits per heavy atom. The molecule has 0 aromatic carbocycles. The van der Waals surface area contributed by atoms with Gasteiger partial charge in [-0.25, -0.2) is 0 Å². The summed E-state index contributed by atoms with van der Waals surface area (Å²) in [6, 6.07) is 0. The molecule has 0 aliphatic rings. The van der Waals surface area contributed by atoms with Gasteiger partial charge >= 0.3 is 5.97 Å². The maximum Gasteiger partial charge on any atom is 0.306 e. The van der Waals surface area contributed by atoms with Crippen molar-refractivity contribution in [3.8, 4) is 0 Å². The Labute approximate surface area is 247 Å². The van der Waals surface area contributed by atoms with E-state index < -0.39 is 5.97 Å². The predicted molar refractivity (Wildman–Crippen MR) is 175 cm³/mol. The van der Waals surface area contributed by atoms with Gasteiger partial charge < -0.3 is 5.11 Å². The number of carboxylic acid groups (broad SMARTS) is 1. The minimum atomic E-state index is -0.557. The standard InChI is InChI=1S/C37H74O2/c1-5-6-7-8-9-10-11-12-14-17-20-23-26-29-32-35(36(38)39)33-30-27-24-21-18-15-13-16-19-22-25-28-31-34-37(2,3)4/h35H,5-34H2,1-4H3,(H,38,39). The minimum Gasteiger partial charge on any atom is -0.481 e. The van der Waals surface area contributed by atoms with Crippen molar-refractivity contribution >= 4 is 5.97 Å². The summed E-state index contributed by atoms with van der Waals surface area (Å²) in [7, 11) is 0. The molecule has 0 fully saturated rings. The highest BCUT2D eigenvalue weighted by atomic mass is 16.4. The van der Waals surface area contributed by atoms with Crippen LogP contribution in [0.5, 0.6) is 0 Å². The van der Waals surface area contributed by atoms with E-state index in [1.54, 1.807) is 0 Å². The Kier molecular flexibility index (Phi) is 28.6. The number of hydrogen-bond donors (Lipinski definition) is 1. The lowest BCUT2D eigenvalue weighted by Gasteiger charge is -2.17. The summed E-state index contributed by atoms with van der Waals surface area (Å²) in [6.07, 6.45) is 39.8. The van der Waals surface area contributed by atoms with Crippen molar-refractivity contribution in [2.75, 3.05) is 0 Å². The molecule has 39 heavy (non-hydrogen) atoms. The van der Waals surface area contributed by atoms with Crippen LogP contribution in [0.1, 0.15) is 220 Å². The first-order valence-corrected chi connectivity index (χ1v) is 18.1. The Hall–Kier alpha value is -0.530. The van der Waals surface area contributed by atoms with E-state index in [0.717, 1.165) is 25.7 Å². The summed E-state index contributed by atoms with van der Waals surface area (Å²) in [6.45, 7) is 9.33. The van der Waals surface area contributed by atoms with Crippen LogP contribution in [0.2, 0.25) is 0 Å². The lowest BCUT2D eigenvalue weighted by atomic mass is 9.89. The molecule has 1 unspecified atom stereocenters. The van der Waals surface area contributed by atoms with Gasteiger partial charge in [-0.3, -0.25) is 4.79 Å². The maximum absolute atomic E-state index is 11.7. The third kappa shape index (κ3) is 31.9. The van der Waals surface area contributed by atoms with Crippen LogP contribution in [0.3, 0.4) is 0 Å². The van der Waals surface area contributed by atoms with Crippen LogP contribution < -0.4 is 0 Å². The third-order valence-electron chi connectivity index (χ3n) is 8.73. The van der Waals surface area contributed by atoms with Gasteiger partial charge in [0.25, 0.3) is 0 Å². The van der Waals surface area contributed by atoms with Gasteiger partial charge in [-0.2, -0.15) is 0 Å². The van der Waals surface area contributed by atoms with E-state index in [4.69, 9.17) is 0 Å². The average molecular weight is 551 g/mol. The summed E-state index contributed by atoms with van der Waals surface area (Å²) in [4.78, 5) is 11.7. The fourth-order valence-corrected chi connectivity index (χ4v) is 5.97. The normalized spacial score (nSPS) is 12.7. The van der Waals surface area contributed by atoms with Gasteiger partial charge in [-0.05, 0) is 24.7 Å². The number of carboxylic acids is 1. The van der Waals surface area contributed by atoms with Gasteiger partial charge in [0.1, 0.15) is 0 Å². The van der Waals surface area contributed by atoms with Gasteiger partial charge in [0.2, 0.25) is 0 Å². The van der Waals surface area contributed by atoms with Gasteiger partial charge in [0, 0.05) is 0 Å². The second-order valence-electron chi connectivity index (χ2n) is 14.1. The van der Waals surface area contributed by atoms with Crippen molar-refractivity contribution in [2.24, 2.45) is 11.3 Å². The zero-order valence-corrected chi connectivity index (χ0v) is 27.6. The van der Waals surface area contributed by atoms with E-state index in [1.807, 2.05) is 0 Å². The van der Waals surface area contributed by atoms with Crippen LogP contribution >= 0.6 is 0 Å². The van der Waals surface area contributed by atoms with Crippen LogP contribution in [0.4, 0.5) is 0 Å². The number of unbranched alkanes of at least 4 members (excludes halogenated alkanes) is 25. The molecule has 0 aliphatic heterocycles. The van der Waals surface area contributed by atoms with Gasteiger partial charge in [-0.15, -0.1) is 0 Å². The van der Waals surface area contributed by atoms with E-state index in [1.165, 1.54) is 167 Å². The van der Waals surface area contributed by atoms with E-state index in [9.17, 15) is 9.90 Å². The summed E-state index contributed by atoms with van der Waals surface area (Å²) in [5.41, 5.74) is 0.503. The summed E-state index contributed by atoms with van der Waals surface area (Å²) in [5, 5.41) is 9.61. The molecule has 0 saturated carbocycles. The number of rotatable bonds is 31. The second-order valence-corrected chi connectivity index (χ2v) is 14.1. The molecule has 0 heterocycles. The van der Waals surface area contributed by atoms with Gasteiger partial charge in [0.05, 0.1) is 5.92 Å². The quantitative estimate of drug-likeness (QED) is 0.0871. The van der Waals surface area contributed by atoms with Crippen LogP contribution in [0.15, 0.2) is 0 Å². The van der Waals surface area contributed by atoms with Gasteiger partial charge in [0.15, 0.2) is 0 Å². The first-order chi connectivity index (χ1) is 18.9. The Morgan fingerprint density at radius 3 is 0.974 bits per heavy atom. The molecule has 2 nitrogen and oxygen atoms in total. The molecule has 234 valence electrons. The third-order valence-corrected chi connectivity index (χ3v) is 8.73. The highest BCUT2D eigenvalue weighted by Gasteiger charge is 2.16. The fraction of sp³-hybridized carbons (Fsp3) is 0.973. The van der Waals surface area contributed by atoms with Crippen LogP contribution in [-0.2, 0) is 4.79 Å². The highest BCUT2D eigenvalue weighted by Crippen LogP contribution is 2.23. The topological polar surface area (TPSA) is 37.3 Å². The van der Waals surface area contributed by atoms with E-state index in [2.05, 4.69) is 27.7 Å².